The van der Waals surface area contributed by atoms with Crippen LogP contribution in [0.5, 0.6) is 0 Å². The summed E-state index contributed by atoms with van der Waals surface area (Å²) in [5, 5.41) is 3.75. The Balaban J connectivity index is 1.81. The molecule has 0 saturated carbocycles. The molecular weight excluding hydrogens is 430 g/mol. The topological polar surface area (TPSA) is 31.6 Å². The lowest BCUT2D eigenvalue weighted by Crippen LogP contribution is -2.03. The maximum absolute atomic E-state index is 13.8. The van der Waals surface area contributed by atoms with Crippen molar-refractivity contribution in [3.05, 3.63) is 105 Å². The molecule has 0 amide bonds. The molecule has 0 aliphatic rings. The first-order valence-electron chi connectivity index (χ1n) is 8.99. The van der Waals surface area contributed by atoms with Gasteiger partial charge in [0, 0.05) is 55.2 Å². The first-order chi connectivity index (χ1) is 14.0. The average molecular weight is 444 g/mol. The van der Waals surface area contributed by atoms with E-state index in [0.29, 0.717) is 15.1 Å². The normalized spacial score (nSPS) is 11.8. The van der Waals surface area contributed by atoms with Gasteiger partial charge in [-0.15, -0.1) is 0 Å². The number of nitrogens with one attached hydrogen (secondary N) is 2. The van der Waals surface area contributed by atoms with Gasteiger partial charge in [0.15, 0.2) is 0 Å². The summed E-state index contributed by atoms with van der Waals surface area (Å²) in [4.78, 5) is 6.59. The zero-order valence-electron chi connectivity index (χ0n) is 14.9. The highest BCUT2D eigenvalue weighted by atomic mass is 35.5. The molecule has 0 saturated heterocycles. The third-order valence-corrected chi connectivity index (χ3v) is 6.04. The zero-order valence-corrected chi connectivity index (χ0v) is 17.2. The van der Waals surface area contributed by atoms with E-state index in [-0.39, 0.29) is 11.7 Å². The third kappa shape index (κ3) is 3.20. The van der Waals surface area contributed by atoms with Gasteiger partial charge < -0.3 is 9.97 Å². The first kappa shape index (κ1) is 18.6. The number of aromatic amines is 2. The van der Waals surface area contributed by atoms with Gasteiger partial charge in [0.1, 0.15) is 5.82 Å². The van der Waals surface area contributed by atoms with Crippen molar-refractivity contribution in [2.45, 2.75) is 5.92 Å². The summed E-state index contributed by atoms with van der Waals surface area (Å²) < 4.78 is 13.8. The van der Waals surface area contributed by atoms with Crippen molar-refractivity contribution in [2.75, 3.05) is 0 Å². The van der Waals surface area contributed by atoms with Crippen LogP contribution in [0.25, 0.3) is 21.8 Å². The number of fused-ring (bicyclic) bond motifs is 2. The fourth-order valence-electron chi connectivity index (χ4n) is 3.96. The van der Waals surface area contributed by atoms with Crippen molar-refractivity contribution in [3.8, 4) is 0 Å². The molecule has 0 unspecified atom stereocenters. The maximum Gasteiger partial charge on any atom is 0.124 e. The number of benzene rings is 3. The van der Waals surface area contributed by atoms with Gasteiger partial charge in [-0.2, -0.15) is 0 Å². The molecule has 0 spiro atoms. The van der Waals surface area contributed by atoms with E-state index in [1.165, 1.54) is 12.1 Å². The molecule has 2 nitrogen and oxygen atoms in total. The van der Waals surface area contributed by atoms with E-state index in [9.17, 15) is 4.39 Å². The van der Waals surface area contributed by atoms with Gasteiger partial charge >= 0.3 is 0 Å². The van der Waals surface area contributed by atoms with Crippen molar-refractivity contribution < 1.29 is 4.39 Å². The van der Waals surface area contributed by atoms with Crippen LogP contribution in [-0.4, -0.2) is 9.97 Å². The molecule has 3 aromatic carbocycles. The molecule has 0 bridgehead atoms. The predicted molar refractivity (Wildman–Crippen MR) is 119 cm³/mol. The number of H-pyrrole nitrogens is 2. The van der Waals surface area contributed by atoms with Crippen LogP contribution in [0.1, 0.15) is 22.6 Å². The number of hydrogen-bond acceptors (Lipinski definition) is 0. The number of rotatable bonds is 3. The van der Waals surface area contributed by atoms with E-state index in [2.05, 4.69) is 9.97 Å². The lowest BCUT2D eigenvalue weighted by atomic mass is 9.84. The molecule has 144 valence electrons. The fourth-order valence-corrected chi connectivity index (χ4v) is 4.58. The summed E-state index contributed by atoms with van der Waals surface area (Å²) in [7, 11) is 0. The SMILES string of the molecule is Fc1ccc(C(c2c[nH]c3cc(Cl)ccc23)c2c[nH]c3cc(Cl)ccc23)c(Cl)c1. The summed E-state index contributed by atoms with van der Waals surface area (Å²) in [6, 6.07) is 16.0. The van der Waals surface area contributed by atoms with Crippen LogP contribution < -0.4 is 0 Å². The minimum atomic E-state index is -0.367. The predicted octanol–water partition coefficient (Wildman–Crippen LogP) is 7.93. The zero-order chi connectivity index (χ0) is 20.1. The molecule has 0 fully saturated rings. The lowest BCUT2D eigenvalue weighted by Gasteiger charge is -2.19. The van der Waals surface area contributed by atoms with Crippen LogP contribution in [0.4, 0.5) is 4.39 Å². The van der Waals surface area contributed by atoms with Gasteiger partial charge in [-0.05, 0) is 53.1 Å². The van der Waals surface area contributed by atoms with Crippen LogP contribution in [0, 0.1) is 5.82 Å². The molecule has 0 aliphatic carbocycles. The summed E-state index contributed by atoms with van der Waals surface area (Å²) in [6.45, 7) is 0. The van der Waals surface area contributed by atoms with Crippen LogP contribution in [0.15, 0.2) is 67.0 Å². The van der Waals surface area contributed by atoms with E-state index in [0.717, 1.165) is 38.5 Å². The molecule has 0 radical (unpaired) electrons. The van der Waals surface area contributed by atoms with Crippen molar-refractivity contribution in [1.29, 1.82) is 0 Å². The highest BCUT2D eigenvalue weighted by Crippen LogP contribution is 2.42. The summed E-state index contributed by atoms with van der Waals surface area (Å²) in [5.74, 6) is -0.582. The lowest BCUT2D eigenvalue weighted by molar-refractivity contribution is 0.627. The number of halogens is 4. The highest BCUT2D eigenvalue weighted by molar-refractivity contribution is 6.32. The Morgan fingerprint density at radius 2 is 1.21 bits per heavy atom. The van der Waals surface area contributed by atoms with E-state index < -0.39 is 0 Å². The van der Waals surface area contributed by atoms with Crippen LogP contribution in [-0.2, 0) is 0 Å². The summed E-state index contributed by atoms with van der Waals surface area (Å²) >= 11 is 18.8. The van der Waals surface area contributed by atoms with Gasteiger partial charge in [-0.1, -0.05) is 53.0 Å². The Morgan fingerprint density at radius 1 is 0.655 bits per heavy atom. The second kappa shape index (κ2) is 7.10. The minimum absolute atomic E-state index is 0.215. The largest absolute Gasteiger partial charge is 0.361 e. The maximum atomic E-state index is 13.8. The Kier molecular flexibility index (Phi) is 4.54. The Labute approximate surface area is 181 Å². The highest BCUT2D eigenvalue weighted by Gasteiger charge is 2.25. The summed E-state index contributed by atoms with van der Waals surface area (Å²) in [6.07, 6.45) is 3.92. The Hall–Kier alpha value is -2.46. The van der Waals surface area contributed by atoms with Gasteiger partial charge in [-0.25, -0.2) is 4.39 Å². The average Bonchev–Trinajstić information content (AvgIpc) is 3.28. The van der Waals surface area contributed by atoms with Gasteiger partial charge in [0.25, 0.3) is 0 Å². The summed E-state index contributed by atoms with van der Waals surface area (Å²) in [5.41, 5.74) is 4.74. The molecule has 2 N–H and O–H groups in total. The molecule has 5 aromatic rings. The molecule has 0 atom stereocenters. The second-order valence-corrected chi connectivity index (χ2v) is 8.25. The number of hydrogen-bond donors (Lipinski definition) is 2. The fraction of sp³-hybridized carbons (Fsp3) is 0.0435. The smallest absolute Gasteiger partial charge is 0.124 e. The van der Waals surface area contributed by atoms with E-state index in [4.69, 9.17) is 34.8 Å². The second-order valence-electron chi connectivity index (χ2n) is 6.97. The molecule has 2 heterocycles. The van der Waals surface area contributed by atoms with E-state index in [1.54, 1.807) is 6.07 Å². The molecular formula is C23H14Cl3FN2. The van der Waals surface area contributed by atoms with Gasteiger partial charge in [-0.3, -0.25) is 0 Å². The molecule has 2 aromatic heterocycles. The van der Waals surface area contributed by atoms with Crippen LogP contribution in [0.3, 0.4) is 0 Å². The standard InChI is InChI=1S/C23H14Cl3FN2/c24-12-1-4-15-18(10-28-21(15)7-12)23(17-6-3-14(27)9-20(17)26)19-11-29-22-8-13(25)2-5-16(19)22/h1-11,23,28-29H. The van der Waals surface area contributed by atoms with Gasteiger partial charge in [0.05, 0.1) is 0 Å². The molecule has 6 heteroatoms. The number of aromatic nitrogens is 2. The first-order valence-corrected chi connectivity index (χ1v) is 10.1. The van der Waals surface area contributed by atoms with Crippen molar-refractivity contribution >= 4 is 56.6 Å². The quantitative estimate of drug-likeness (QED) is 0.284. The Morgan fingerprint density at radius 3 is 1.72 bits per heavy atom. The third-order valence-electron chi connectivity index (χ3n) is 5.25. The molecule has 5 rings (SSSR count). The molecule has 29 heavy (non-hydrogen) atoms. The van der Waals surface area contributed by atoms with Crippen LogP contribution in [0.2, 0.25) is 15.1 Å². The van der Waals surface area contributed by atoms with E-state index >= 15 is 0 Å². The van der Waals surface area contributed by atoms with Crippen molar-refractivity contribution in [2.24, 2.45) is 0 Å². The van der Waals surface area contributed by atoms with Crippen LogP contribution >= 0.6 is 34.8 Å². The minimum Gasteiger partial charge on any atom is -0.361 e. The van der Waals surface area contributed by atoms with Crippen molar-refractivity contribution in [1.82, 2.24) is 9.97 Å². The van der Waals surface area contributed by atoms with Crippen molar-refractivity contribution in [3.63, 3.8) is 0 Å². The van der Waals surface area contributed by atoms with E-state index in [1.807, 2.05) is 48.8 Å². The van der Waals surface area contributed by atoms with Gasteiger partial charge in [0.2, 0.25) is 0 Å². The monoisotopic (exact) mass is 442 g/mol. The molecule has 0 aliphatic heterocycles. The Bertz CT molecular complexity index is 1290.